The first-order valence-corrected chi connectivity index (χ1v) is 9.80. The van der Waals surface area contributed by atoms with Crippen molar-refractivity contribution in [3.63, 3.8) is 0 Å². The number of aromatic nitrogens is 5. The lowest BCUT2D eigenvalue weighted by atomic mass is 10.0. The van der Waals surface area contributed by atoms with Crippen LogP contribution in [0.25, 0.3) is 5.65 Å². The maximum atomic E-state index is 14.0. The molecule has 0 radical (unpaired) electrons. The van der Waals surface area contributed by atoms with Gasteiger partial charge < -0.3 is 10.1 Å². The van der Waals surface area contributed by atoms with Crippen LogP contribution in [0.4, 0.5) is 16.2 Å². The van der Waals surface area contributed by atoms with Crippen LogP contribution in [0.15, 0.2) is 24.5 Å². The van der Waals surface area contributed by atoms with Gasteiger partial charge in [0.1, 0.15) is 17.9 Å². The number of rotatable bonds is 7. The number of alkyl halides is 1. The molecule has 2 fully saturated rings. The van der Waals surface area contributed by atoms with Crippen molar-refractivity contribution < 1.29 is 13.9 Å². The van der Waals surface area contributed by atoms with E-state index in [1.54, 1.807) is 6.20 Å². The minimum absolute atomic E-state index is 0.0712. The number of imidazole rings is 1. The maximum Gasteiger partial charge on any atom is 0.293 e. The molecule has 0 spiro atoms. The molecule has 3 atom stereocenters. The molecule has 1 saturated carbocycles. The number of aromatic amines is 1. The number of H-pyrrole nitrogens is 1. The molecule has 2 aliphatic rings. The number of halogens is 1. The number of nitrogens with zero attached hydrogens (tertiary/aromatic N) is 5. The van der Waals surface area contributed by atoms with Crippen LogP contribution in [0.1, 0.15) is 36.6 Å². The van der Waals surface area contributed by atoms with Gasteiger partial charge in [-0.1, -0.05) is 0 Å². The van der Waals surface area contributed by atoms with E-state index in [4.69, 9.17) is 4.74 Å². The van der Waals surface area contributed by atoms with Gasteiger partial charge in [-0.2, -0.15) is 5.10 Å². The van der Waals surface area contributed by atoms with Crippen molar-refractivity contribution in [2.45, 2.75) is 44.0 Å². The monoisotopic (exact) mass is 399 g/mol. The van der Waals surface area contributed by atoms with Gasteiger partial charge in [0.05, 0.1) is 5.69 Å². The standard InChI is InChI=1S/C19H22FN7O2/c20-14-6-12(7-16(14)29-11-28)15-8-17(25-24-15)23-19-21-3-2-18-22-13(10-27(18)19)9-26-4-1-5-26/h2-3,8,10-12,14,16H,1,4-7,9H2,(H2,21,23,24,25). The highest BCUT2D eigenvalue weighted by atomic mass is 19.1. The highest BCUT2D eigenvalue weighted by molar-refractivity contribution is 5.54. The smallest absolute Gasteiger partial charge is 0.293 e. The fourth-order valence-corrected chi connectivity index (χ4v) is 4.04. The summed E-state index contributed by atoms with van der Waals surface area (Å²) in [7, 11) is 0. The van der Waals surface area contributed by atoms with Gasteiger partial charge in [-0.15, -0.1) is 0 Å². The first-order chi connectivity index (χ1) is 14.2. The normalized spacial score (nSPS) is 24.5. The van der Waals surface area contributed by atoms with Crippen molar-refractivity contribution in [1.82, 2.24) is 29.5 Å². The van der Waals surface area contributed by atoms with Crippen LogP contribution in [0.2, 0.25) is 0 Å². The number of hydrogen-bond donors (Lipinski definition) is 2. The number of anilines is 2. The molecule has 0 bridgehead atoms. The third-order valence-corrected chi connectivity index (χ3v) is 5.70. The van der Waals surface area contributed by atoms with E-state index >= 15 is 0 Å². The van der Waals surface area contributed by atoms with E-state index in [2.05, 4.69) is 30.4 Å². The number of carbonyl (C=O) groups excluding carboxylic acids is 1. The molecule has 1 aliphatic heterocycles. The van der Waals surface area contributed by atoms with Crippen LogP contribution in [-0.2, 0) is 16.1 Å². The van der Waals surface area contributed by atoms with Crippen LogP contribution in [-0.4, -0.2) is 61.3 Å². The summed E-state index contributed by atoms with van der Waals surface area (Å²) in [4.78, 5) is 21.9. The first kappa shape index (κ1) is 18.0. The summed E-state index contributed by atoms with van der Waals surface area (Å²) < 4.78 is 20.7. The third kappa shape index (κ3) is 3.55. The van der Waals surface area contributed by atoms with E-state index in [0.29, 0.717) is 31.1 Å². The minimum Gasteiger partial charge on any atom is -0.461 e. The molecule has 4 heterocycles. The Hall–Kier alpha value is -3.01. The van der Waals surface area contributed by atoms with Crippen molar-refractivity contribution >= 4 is 23.9 Å². The van der Waals surface area contributed by atoms with Gasteiger partial charge in [-0.05, 0) is 38.4 Å². The maximum absolute atomic E-state index is 14.0. The zero-order valence-electron chi connectivity index (χ0n) is 15.8. The predicted molar refractivity (Wildman–Crippen MR) is 103 cm³/mol. The molecule has 0 amide bonds. The number of hydrogen-bond acceptors (Lipinski definition) is 7. The Morgan fingerprint density at radius 3 is 3.07 bits per heavy atom. The Morgan fingerprint density at radius 1 is 1.38 bits per heavy atom. The number of fused-ring (bicyclic) bond motifs is 1. The van der Waals surface area contributed by atoms with E-state index in [1.165, 1.54) is 6.42 Å². The van der Waals surface area contributed by atoms with Gasteiger partial charge in [0.15, 0.2) is 5.82 Å². The van der Waals surface area contributed by atoms with Crippen molar-refractivity contribution in [1.29, 1.82) is 0 Å². The lowest BCUT2D eigenvalue weighted by molar-refractivity contribution is -0.135. The summed E-state index contributed by atoms with van der Waals surface area (Å²) in [5, 5.41) is 10.5. The zero-order chi connectivity index (χ0) is 19.8. The molecule has 3 unspecified atom stereocenters. The van der Waals surface area contributed by atoms with Gasteiger partial charge in [0, 0.05) is 36.6 Å². The second-order valence-electron chi connectivity index (χ2n) is 7.65. The summed E-state index contributed by atoms with van der Waals surface area (Å²) in [6.07, 6.45) is 3.83. The first-order valence-electron chi connectivity index (χ1n) is 9.80. The molecule has 2 N–H and O–H groups in total. The number of ether oxygens (including phenoxy) is 1. The summed E-state index contributed by atoms with van der Waals surface area (Å²) in [6, 6.07) is 3.72. The molecular weight excluding hydrogens is 377 g/mol. The molecule has 29 heavy (non-hydrogen) atoms. The van der Waals surface area contributed by atoms with Crippen molar-refractivity contribution in [2.24, 2.45) is 0 Å². The average Bonchev–Trinajstić information content (AvgIpc) is 3.38. The fourth-order valence-electron chi connectivity index (χ4n) is 4.04. The van der Waals surface area contributed by atoms with Gasteiger partial charge >= 0.3 is 0 Å². The van der Waals surface area contributed by atoms with Crippen molar-refractivity contribution in [3.8, 4) is 0 Å². The van der Waals surface area contributed by atoms with E-state index in [1.807, 2.05) is 22.7 Å². The molecule has 3 aromatic heterocycles. The Labute approximate surface area is 166 Å². The summed E-state index contributed by atoms with van der Waals surface area (Å²) >= 11 is 0. The van der Waals surface area contributed by atoms with Gasteiger partial charge in [0.2, 0.25) is 5.95 Å². The molecule has 10 heteroatoms. The zero-order valence-corrected chi connectivity index (χ0v) is 15.8. The highest BCUT2D eigenvalue weighted by Crippen LogP contribution is 2.37. The largest absolute Gasteiger partial charge is 0.461 e. The molecule has 9 nitrogen and oxygen atoms in total. The predicted octanol–water partition coefficient (Wildman–Crippen LogP) is 2.16. The topological polar surface area (TPSA) is 100 Å². The van der Waals surface area contributed by atoms with E-state index in [-0.39, 0.29) is 5.92 Å². The summed E-state index contributed by atoms with van der Waals surface area (Å²) in [6.45, 7) is 3.39. The Kier molecular flexibility index (Phi) is 4.62. The molecule has 0 aromatic carbocycles. The lowest BCUT2D eigenvalue weighted by Gasteiger charge is -2.29. The number of carbonyl (C=O) groups is 1. The van der Waals surface area contributed by atoms with Crippen molar-refractivity contribution in [2.75, 3.05) is 18.4 Å². The van der Waals surface area contributed by atoms with Crippen LogP contribution < -0.4 is 5.32 Å². The van der Waals surface area contributed by atoms with Crippen LogP contribution in [0, 0.1) is 0 Å². The fraction of sp³-hybridized carbons (Fsp3) is 0.474. The second-order valence-corrected chi connectivity index (χ2v) is 7.65. The second kappa shape index (κ2) is 7.43. The van der Waals surface area contributed by atoms with Gasteiger partial charge in [0.25, 0.3) is 6.47 Å². The molecule has 5 rings (SSSR count). The van der Waals surface area contributed by atoms with E-state index < -0.39 is 12.3 Å². The van der Waals surface area contributed by atoms with Crippen LogP contribution >= 0.6 is 0 Å². The van der Waals surface area contributed by atoms with Crippen LogP contribution in [0.5, 0.6) is 0 Å². The molecule has 1 saturated heterocycles. The molecular formula is C19H22FN7O2. The third-order valence-electron chi connectivity index (χ3n) is 5.70. The van der Waals surface area contributed by atoms with Crippen molar-refractivity contribution in [3.05, 3.63) is 35.9 Å². The molecule has 1 aliphatic carbocycles. The lowest BCUT2D eigenvalue weighted by Crippen LogP contribution is -2.36. The average molecular weight is 399 g/mol. The number of nitrogens with one attached hydrogen (secondary N) is 2. The van der Waals surface area contributed by atoms with E-state index in [9.17, 15) is 9.18 Å². The Bertz CT molecular complexity index is 1020. The molecule has 152 valence electrons. The SMILES string of the molecule is O=COC1CC(c2cc(Nc3nccc4nc(CN5CCC5)cn34)n[nH]2)CC1F. The van der Waals surface area contributed by atoms with Gasteiger partial charge in [-0.3, -0.25) is 19.2 Å². The number of likely N-dealkylation sites (tertiary alicyclic amines) is 1. The minimum atomic E-state index is -1.16. The summed E-state index contributed by atoms with van der Waals surface area (Å²) in [5.74, 6) is 1.13. The van der Waals surface area contributed by atoms with E-state index in [0.717, 1.165) is 36.7 Å². The van der Waals surface area contributed by atoms with Crippen LogP contribution in [0.3, 0.4) is 0 Å². The molecule has 3 aromatic rings. The Balaban J connectivity index is 1.32. The summed E-state index contributed by atoms with van der Waals surface area (Å²) in [5.41, 5.74) is 2.63. The van der Waals surface area contributed by atoms with Gasteiger partial charge in [-0.25, -0.2) is 14.4 Å². The Morgan fingerprint density at radius 2 is 2.28 bits per heavy atom. The quantitative estimate of drug-likeness (QED) is 0.587. The highest BCUT2D eigenvalue weighted by Gasteiger charge is 2.37.